The van der Waals surface area contributed by atoms with Gasteiger partial charge in [-0.3, -0.25) is 20.4 Å². The Bertz CT molecular complexity index is 965. The van der Waals surface area contributed by atoms with Gasteiger partial charge in [-0.2, -0.15) is 0 Å². The van der Waals surface area contributed by atoms with Crippen LogP contribution in [0.4, 0.5) is 0 Å². The van der Waals surface area contributed by atoms with Crippen LogP contribution in [0.3, 0.4) is 0 Å². The maximum atomic E-state index is 12.1. The second kappa shape index (κ2) is 10.1. The quantitative estimate of drug-likeness (QED) is 0.451. The first-order valence-corrected chi connectivity index (χ1v) is 9.60. The van der Waals surface area contributed by atoms with Crippen LogP contribution in [0, 0.1) is 0 Å². The number of amides is 2. The highest BCUT2D eigenvalue weighted by Gasteiger charge is 2.08. The molecule has 0 atom stereocenters. The van der Waals surface area contributed by atoms with Gasteiger partial charge in [-0.25, -0.2) is 0 Å². The third kappa shape index (κ3) is 5.72. The van der Waals surface area contributed by atoms with Crippen LogP contribution < -0.4 is 20.3 Å². The van der Waals surface area contributed by atoms with Gasteiger partial charge in [-0.15, -0.1) is 0 Å². The van der Waals surface area contributed by atoms with E-state index in [2.05, 4.69) is 10.9 Å². The molecule has 0 fully saturated rings. The largest absolute Gasteiger partial charge is 0.494 e. The minimum absolute atomic E-state index is 0.244. The molecular weight excluding hydrogens is 368 g/mol. The number of rotatable bonds is 8. The normalized spacial score (nSPS) is 10.4. The van der Waals surface area contributed by atoms with Crippen molar-refractivity contribution in [3.63, 3.8) is 0 Å². The average molecular weight is 392 g/mol. The van der Waals surface area contributed by atoms with E-state index in [1.165, 1.54) is 0 Å². The van der Waals surface area contributed by atoms with Gasteiger partial charge in [0.25, 0.3) is 5.91 Å². The Labute approximate surface area is 169 Å². The number of carbonyl (C=O) groups is 2. The van der Waals surface area contributed by atoms with Gasteiger partial charge in [-0.05, 0) is 49.1 Å². The first-order valence-electron chi connectivity index (χ1n) is 9.60. The topological polar surface area (TPSA) is 76.7 Å². The zero-order valence-electron chi connectivity index (χ0n) is 16.3. The van der Waals surface area contributed by atoms with Crippen LogP contribution in [0.15, 0.2) is 66.7 Å². The molecule has 0 unspecified atom stereocenters. The summed E-state index contributed by atoms with van der Waals surface area (Å²) in [6.07, 6.45) is 0.780. The number of hydrazine groups is 1. The lowest BCUT2D eigenvalue weighted by Crippen LogP contribution is -2.41. The van der Waals surface area contributed by atoms with Crippen molar-refractivity contribution >= 4 is 22.6 Å². The zero-order valence-corrected chi connectivity index (χ0v) is 16.3. The van der Waals surface area contributed by atoms with Gasteiger partial charge in [-0.1, -0.05) is 36.4 Å². The van der Waals surface area contributed by atoms with E-state index in [-0.39, 0.29) is 18.2 Å². The molecule has 0 aliphatic rings. The van der Waals surface area contributed by atoms with Crippen LogP contribution in [-0.2, 0) is 4.79 Å². The second-order valence-electron chi connectivity index (χ2n) is 6.39. The van der Waals surface area contributed by atoms with Crippen LogP contribution in [0.25, 0.3) is 10.8 Å². The molecule has 3 aromatic rings. The fourth-order valence-electron chi connectivity index (χ4n) is 2.87. The number of fused-ring (bicyclic) bond motifs is 1. The Kier molecular flexibility index (Phi) is 7.05. The smallest absolute Gasteiger partial charge is 0.269 e. The molecule has 6 heteroatoms. The molecule has 0 aliphatic carbocycles. The number of hydrogen-bond donors (Lipinski definition) is 2. The van der Waals surface area contributed by atoms with E-state index < -0.39 is 0 Å². The Balaban J connectivity index is 1.39. The van der Waals surface area contributed by atoms with E-state index in [0.29, 0.717) is 30.9 Å². The fraction of sp³-hybridized carbons (Fsp3) is 0.217. The Morgan fingerprint density at radius 3 is 2.41 bits per heavy atom. The predicted octanol–water partition coefficient (Wildman–Crippen LogP) is 3.86. The third-order valence-electron chi connectivity index (χ3n) is 4.30. The molecule has 0 bridgehead atoms. The Morgan fingerprint density at radius 1 is 0.862 bits per heavy atom. The van der Waals surface area contributed by atoms with Crippen LogP contribution in [0.1, 0.15) is 30.1 Å². The van der Waals surface area contributed by atoms with E-state index in [0.717, 1.165) is 16.5 Å². The van der Waals surface area contributed by atoms with Gasteiger partial charge < -0.3 is 9.47 Å². The summed E-state index contributed by atoms with van der Waals surface area (Å²) in [5.41, 5.74) is 5.27. The standard InChI is InChI=1S/C23H24N2O4/c1-2-28-19-14-12-18(13-15-19)23(27)25-24-22(26)11-6-16-29-21-10-5-8-17-7-3-4-9-20(17)21/h3-5,7-10,12-15H,2,6,11,16H2,1H3,(H,24,26)(H,25,27). The number of nitrogens with one attached hydrogen (secondary N) is 2. The molecule has 3 aromatic carbocycles. The van der Waals surface area contributed by atoms with Crippen molar-refractivity contribution in [1.82, 2.24) is 10.9 Å². The van der Waals surface area contributed by atoms with E-state index in [1.54, 1.807) is 24.3 Å². The van der Waals surface area contributed by atoms with Gasteiger partial charge in [0.15, 0.2) is 0 Å². The molecule has 2 amide bonds. The van der Waals surface area contributed by atoms with E-state index in [1.807, 2.05) is 49.4 Å². The SMILES string of the molecule is CCOc1ccc(C(=O)NNC(=O)CCCOc2cccc3ccccc23)cc1. The number of carbonyl (C=O) groups excluding carboxylic acids is 2. The predicted molar refractivity (Wildman–Crippen MR) is 112 cm³/mol. The van der Waals surface area contributed by atoms with E-state index in [4.69, 9.17) is 9.47 Å². The van der Waals surface area contributed by atoms with Gasteiger partial charge in [0.2, 0.25) is 5.91 Å². The molecule has 0 radical (unpaired) electrons. The maximum Gasteiger partial charge on any atom is 0.269 e. The summed E-state index contributed by atoms with van der Waals surface area (Å²) in [4.78, 5) is 24.0. The summed E-state index contributed by atoms with van der Waals surface area (Å²) in [5.74, 6) is 0.839. The monoisotopic (exact) mass is 392 g/mol. The molecule has 3 rings (SSSR count). The van der Waals surface area contributed by atoms with Gasteiger partial charge in [0, 0.05) is 17.4 Å². The lowest BCUT2D eigenvalue weighted by Gasteiger charge is -2.10. The van der Waals surface area contributed by atoms with Crippen molar-refractivity contribution in [2.75, 3.05) is 13.2 Å². The molecule has 29 heavy (non-hydrogen) atoms. The minimum atomic E-state index is -0.381. The summed E-state index contributed by atoms with van der Waals surface area (Å²) >= 11 is 0. The van der Waals surface area contributed by atoms with Crippen LogP contribution in [0.5, 0.6) is 11.5 Å². The van der Waals surface area contributed by atoms with E-state index >= 15 is 0 Å². The Hall–Kier alpha value is -3.54. The van der Waals surface area contributed by atoms with Crippen LogP contribution in [-0.4, -0.2) is 25.0 Å². The third-order valence-corrected chi connectivity index (χ3v) is 4.30. The number of hydrogen-bond acceptors (Lipinski definition) is 4. The second-order valence-corrected chi connectivity index (χ2v) is 6.39. The molecule has 6 nitrogen and oxygen atoms in total. The minimum Gasteiger partial charge on any atom is -0.494 e. The molecule has 0 spiro atoms. The summed E-state index contributed by atoms with van der Waals surface area (Å²) < 4.78 is 11.2. The summed E-state index contributed by atoms with van der Waals surface area (Å²) in [7, 11) is 0. The fourth-order valence-corrected chi connectivity index (χ4v) is 2.87. The van der Waals surface area contributed by atoms with Gasteiger partial charge in [0.1, 0.15) is 11.5 Å². The Morgan fingerprint density at radius 2 is 1.62 bits per heavy atom. The lowest BCUT2D eigenvalue weighted by atomic mass is 10.1. The van der Waals surface area contributed by atoms with Crippen molar-refractivity contribution in [1.29, 1.82) is 0 Å². The van der Waals surface area contributed by atoms with E-state index in [9.17, 15) is 9.59 Å². The van der Waals surface area contributed by atoms with Crippen LogP contribution >= 0.6 is 0 Å². The molecule has 150 valence electrons. The van der Waals surface area contributed by atoms with Gasteiger partial charge >= 0.3 is 0 Å². The number of benzene rings is 3. The van der Waals surface area contributed by atoms with Gasteiger partial charge in [0.05, 0.1) is 13.2 Å². The summed E-state index contributed by atoms with van der Waals surface area (Å²) in [6.45, 7) is 2.86. The van der Waals surface area contributed by atoms with Crippen molar-refractivity contribution in [3.05, 3.63) is 72.3 Å². The van der Waals surface area contributed by atoms with Crippen molar-refractivity contribution < 1.29 is 19.1 Å². The highest BCUT2D eigenvalue weighted by atomic mass is 16.5. The van der Waals surface area contributed by atoms with Crippen molar-refractivity contribution in [2.24, 2.45) is 0 Å². The summed E-state index contributed by atoms with van der Waals surface area (Å²) in [5, 5.41) is 2.15. The molecular formula is C23H24N2O4. The molecule has 2 N–H and O–H groups in total. The van der Waals surface area contributed by atoms with Crippen LogP contribution in [0.2, 0.25) is 0 Å². The molecule has 0 aromatic heterocycles. The number of ether oxygens (including phenoxy) is 2. The molecule has 0 saturated carbocycles. The molecule has 0 saturated heterocycles. The zero-order chi connectivity index (χ0) is 20.5. The molecule has 0 heterocycles. The summed E-state index contributed by atoms with van der Waals surface area (Å²) in [6, 6.07) is 20.6. The first-order chi connectivity index (χ1) is 14.2. The first kappa shape index (κ1) is 20.2. The lowest BCUT2D eigenvalue weighted by molar-refractivity contribution is -0.122. The maximum absolute atomic E-state index is 12.1. The van der Waals surface area contributed by atoms with Crippen molar-refractivity contribution in [3.8, 4) is 11.5 Å². The highest BCUT2D eigenvalue weighted by molar-refractivity contribution is 5.95. The molecule has 0 aliphatic heterocycles. The highest BCUT2D eigenvalue weighted by Crippen LogP contribution is 2.25. The van der Waals surface area contributed by atoms with Crippen molar-refractivity contribution in [2.45, 2.75) is 19.8 Å². The average Bonchev–Trinajstić information content (AvgIpc) is 2.76.